The molecule has 0 aromatic carbocycles. The zero-order chi connectivity index (χ0) is 16.0. The number of hydrogen-bond acceptors (Lipinski definition) is 4. The normalized spacial score (nSPS) is 18.1. The zero-order valence-electron chi connectivity index (χ0n) is 13.4. The van der Waals surface area contributed by atoms with E-state index in [0.717, 1.165) is 30.6 Å². The summed E-state index contributed by atoms with van der Waals surface area (Å²) in [5.74, 6) is 2.51. The zero-order valence-corrected chi connectivity index (χ0v) is 14.2. The Morgan fingerprint density at radius 2 is 2.32 bits per heavy atom. The van der Waals surface area contributed by atoms with E-state index in [1.165, 1.54) is 0 Å². The minimum Gasteiger partial charge on any atom is -0.467 e. The first kappa shape index (κ1) is 16.7. The molecule has 0 atom stereocenters. The van der Waals surface area contributed by atoms with Gasteiger partial charge in [-0.15, -0.1) is 0 Å². The molecule has 1 aliphatic heterocycles. The Balaban J connectivity index is 1.77. The molecule has 1 fully saturated rings. The summed E-state index contributed by atoms with van der Waals surface area (Å²) in [6.45, 7) is 6.93. The van der Waals surface area contributed by atoms with Crippen LogP contribution in [0.2, 0.25) is 0 Å². The lowest BCUT2D eigenvalue weighted by Gasteiger charge is -2.39. The standard InChI is InChI=1S/C15H24N4O2S/c1-15(2)11-19(6-8-22-15)14(16-3)18-10-13(20)17-9-12-5-4-7-21-12/h4-5,7H,6,8-11H2,1-3H3,(H,16,18)(H,17,20). The number of nitrogens with zero attached hydrogens (tertiary/aromatic N) is 2. The largest absolute Gasteiger partial charge is 0.467 e. The number of thioether (sulfide) groups is 1. The molecule has 0 unspecified atom stereocenters. The SMILES string of the molecule is CN=C(NCC(=O)NCc1ccco1)N1CCSC(C)(C)C1. The number of nitrogens with one attached hydrogen (secondary N) is 2. The fourth-order valence-corrected chi connectivity index (χ4v) is 3.46. The van der Waals surface area contributed by atoms with E-state index in [1.54, 1.807) is 19.4 Å². The maximum Gasteiger partial charge on any atom is 0.239 e. The van der Waals surface area contributed by atoms with Gasteiger partial charge in [0.25, 0.3) is 0 Å². The fraction of sp³-hybridized carbons (Fsp3) is 0.600. The number of carbonyl (C=O) groups excluding carboxylic acids is 1. The first-order chi connectivity index (χ1) is 10.5. The van der Waals surface area contributed by atoms with Crippen molar-refractivity contribution in [3.63, 3.8) is 0 Å². The van der Waals surface area contributed by atoms with E-state index in [-0.39, 0.29) is 17.2 Å². The highest BCUT2D eigenvalue weighted by atomic mass is 32.2. The molecule has 0 spiro atoms. The van der Waals surface area contributed by atoms with Crippen molar-refractivity contribution in [3.8, 4) is 0 Å². The molecule has 7 heteroatoms. The fourth-order valence-electron chi connectivity index (χ4n) is 2.35. The summed E-state index contributed by atoms with van der Waals surface area (Å²) in [6.07, 6.45) is 1.59. The number of hydrogen-bond donors (Lipinski definition) is 2. The number of amides is 1. The van der Waals surface area contributed by atoms with Crippen LogP contribution in [0.5, 0.6) is 0 Å². The highest BCUT2D eigenvalue weighted by molar-refractivity contribution is 8.00. The number of rotatable bonds is 4. The molecule has 0 radical (unpaired) electrons. The minimum atomic E-state index is -0.0804. The number of carbonyl (C=O) groups is 1. The summed E-state index contributed by atoms with van der Waals surface area (Å²) in [6, 6.07) is 3.64. The van der Waals surface area contributed by atoms with Crippen LogP contribution in [0.15, 0.2) is 27.8 Å². The van der Waals surface area contributed by atoms with Crippen molar-refractivity contribution in [2.45, 2.75) is 25.1 Å². The van der Waals surface area contributed by atoms with Gasteiger partial charge in [-0.25, -0.2) is 0 Å². The predicted molar refractivity (Wildman–Crippen MR) is 90.0 cm³/mol. The molecule has 2 heterocycles. The van der Waals surface area contributed by atoms with E-state index in [2.05, 4.69) is 34.4 Å². The maximum absolute atomic E-state index is 11.9. The van der Waals surface area contributed by atoms with Crippen molar-refractivity contribution in [3.05, 3.63) is 24.2 Å². The Bertz CT molecular complexity index is 514. The monoisotopic (exact) mass is 324 g/mol. The molecule has 0 saturated carbocycles. The molecular weight excluding hydrogens is 300 g/mol. The highest BCUT2D eigenvalue weighted by Crippen LogP contribution is 2.29. The molecular formula is C15H24N4O2S. The number of aliphatic imine (C=N–C) groups is 1. The van der Waals surface area contributed by atoms with Gasteiger partial charge < -0.3 is 20.0 Å². The lowest BCUT2D eigenvalue weighted by atomic mass is 10.2. The van der Waals surface area contributed by atoms with Gasteiger partial charge in [0.15, 0.2) is 5.96 Å². The lowest BCUT2D eigenvalue weighted by Crippen LogP contribution is -2.52. The minimum absolute atomic E-state index is 0.0804. The smallest absolute Gasteiger partial charge is 0.239 e. The van der Waals surface area contributed by atoms with Crippen LogP contribution in [0, 0.1) is 0 Å². The average molecular weight is 324 g/mol. The Morgan fingerprint density at radius 1 is 1.50 bits per heavy atom. The quantitative estimate of drug-likeness (QED) is 0.645. The van der Waals surface area contributed by atoms with Crippen LogP contribution in [0.3, 0.4) is 0 Å². The van der Waals surface area contributed by atoms with E-state index in [4.69, 9.17) is 4.42 Å². The summed E-state index contributed by atoms with van der Waals surface area (Å²) in [4.78, 5) is 18.4. The van der Waals surface area contributed by atoms with Gasteiger partial charge >= 0.3 is 0 Å². The molecule has 0 aliphatic carbocycles. The number of furan rings is 1. The van der Waals surface area contributed by atoms with Crippen LogP contribution in [0.1, 0.15) is 19.6 Å². The molecule has 2 rings (SSSR count). The summed E-state index contributed by atoms with van der Waals surface area (Å²) < 4.78 is 5.39. The third-order valence-electron chi connectivity index (χ3n) is 3.38. The predicted octanol–water partition coefficient (Wildman–Crippen LogP) is 1.30. The summed E-state index contributed by atoms with van der Waals surface area (Å²) in [5, 5.41) is 5.94. The van der Waals surface area contributed by atoms with Crippen molar-refractivity contribution in [1.82, 2.24) is 15.5 Å². The number of guanidine groups is 1. The van der Waals surface area contributed by atoms with Crippen LogP contribution in [-0.4, -0.2) is 53.9 Å². The van der Waals surface area contributed by atoms with Gasteiger partial charge in [0.05, 0.1) is 19.4 Å². The first-order valence-electron chi connectivity index (χ1n) is 7.39. The Labute approximate surface area is 135 Å². The molecule has 122 valence electrons. The molecule has 22 heavy (non-hydrogen) atoms. The van der Waals surface area contributed by atoms with Gasteiger partial charge in [0.2, 0.25) is 5.91 Å². The highest BCUT2D eigenvalue weighted by Gasteiger charge is 2.28. The molecule has 2 N–H and O–H groups in total. The van der Waals surface area contributed by atoms with Crippen LogP contribution >= 0.6 is 11.8 Å². The Morgan fingerprint density at radius 3 is 2.95 bits per heavy atom. The molecule has 1 aromatic rings. The lowest BCUT2D eigenvalue weighted by molar-refractivity contribution is -0.120. The second-order valence-electron chi connectivity index (χ2n) is 5.79. The summed E-state index contributed by atoms with van der Waals surface area (Å²) >= 11 is 1.97. The molecule has 1 aromatic heterocycles. The van der Waals surface area contributed by atoms with Crippen LogP contribution in [0.25, 0.3) is 0 Å². The second-order valence-corrected chi connectivity index (χ2v) is 7.59. The molecule has 0 bridgehead atoms. The first-order valence-corrected chi connectivity index (χ1v) is 8.37. The molecule has 6 nitrogen and oxygen atoms in total. The van der Waals surface area contributed by atoms with E-state index in [0.29, 0.717) is 6.54 Å². The van der Waals surface area contributed by atoms with Gasteiger partial charge in [0.1, 0.15) is 5.76 Å². The van der Waals surface area contributed by atoms with Gasteiger partial charge in [-0.3, -0.25) is 9.79 Å². The maximum atomic E-state index is 11.9. The van der Waals surface area contributed by atoms with Gasteiger partial charge in [-0.2, -0.15) is 11.8 Å². The summed E-state index contributed by atoms with van der Waals surface area (Å²) in [5.41, 5.74) is 0. The third kappa shape index (κ3) is 4.98. The van der Waals surface area contributed by atoms with Gasteiger partial charge in [0, 0.05) is 30.6 Å². The van der Waals surface area contributed by atoms with Gasteiger partial charge in [-0.1, -0.05) is 0 Å². The molecule has 1 saturated heterocycles. The van der Waals surface area contributed by atoms with Crippen molar-refractivity contribution in [1.29, 1.82) is 0 Å². The van der Waals surface area contributed by atoms with Gasteiger partial charge in [-0.05, 0) is 26.0 Å². The van der Waals surface area contributed by atoms with Crippen molar-refractivity contribution >= 4 is 23.6 Å². The van der Waals surface area contributed by atoms with Crippen LogP contribution in [-0.2, 0) is 11.3 Å². The molecule has 1 aliphatic rings. The van der Waals surface area contributed by atoms with Crippen molar-refractivity contribution < 1.29 is 9.21 Å². The van der Waals surface area contributed by atoms with Crippen LogP contribution in [0.4, 0.5) is 0 Å². The van der Waals surface area contributed by atoms with Crippen molar-refractivity contribution in [2.24, 2.45) is 4.99 Å². The summed E-state index contributed by atoms with van der Waals surface area (Å²) in [7, 11) is 1.75. The Hall–Kier alpha value is -1.63. The van der Waals surface area contributed by atoms with E-state index in [9.17, 15) is 4.79 Å². The molecule has 1 amide bonds. The van der Waals surface area contributed by atoms with Crippen LogP contribution < -0.4 is 10.6 Å². The third-order valence-corrected chi connectivity index (χ3v) is 4.68. The van der Waals surface area contributed by atoms with E-state index >= 15 is 0 Å². The van der Waals surface area contributed by atoms with E-state index in [1.807, 2.05) is 17.8 Å². The second kappa shape index (κ2) is 7.58. The topological polar surface area (TPSA) is 69.9 Å². The van der Waals surface area contributed by atoms with E-state index < -0.39 is 0 Å². The van der Waals surface area contributed by atoms with Crippen molar-refractivity contribution in [2.75, 3.05) is 32.4 Å². The average Bonchev–Trinajstić information content (AvgIpc) is 2.98. The Kier molecular flexibility index (Phi) is 5.76.